The summed E-state index contributed by atoms with van der Waals surface area (Å²) in [7, 11) is 0. The van der Waals surface area contributed by atoms with E-state index in [9.17, 15) is 0 Å². The van der Waals surface area contributed by atoms with Crippen LogP contribution in [0.4, 0.5) is 0 Å². The fourth-order valence-corrected chi connectivity index (χ4v) is 2.57. The smallest absolute Gasteiger partial charge is 0.0994 e. The molecule has 0 saturated carbocycles. The second kappa shape index (κ2) is 6.02. The first kappa shape index (κ1) is 13.1. The summed E-state index contributed by atoms with van der Waals surface area (Å²) >= 11 is 0. The van der Waals surface area contributed by atoms with Gasteiger partial charge >= 0.3 is 0 Å². The highest BCUT2D eigenvalue weighted by atomic mass is 14.6. The van der Waals surface area contributed by atoms with Gasteiger partial charge in [-0.15, -0.1) is 0 Å². The Morgan fingerprint density at radius 3 is 2.24 bits per heavy atom. The lowest BCUT2D eigenvalue weighted by Gasteiger charge is -2.00. The first-order valence-corrected chi connectivity index (χ1v) is 6.85. The third-order valence-electron chi connectivity index (χ3n) is 3.54. The van der Waals surface area contributed by atoms with E-state index in [4.69, 9.17) is 5.26 Å². The van der Waals surface area contributed by atoms with E-state index in [1.165, 1.54) is 22.3 Å². The summed E-state index contributed by atoms with van der Waals surface area (Å²) in [5.74, 6) is 0. The second-order valence-electron chi connectivity index (χ2n) is 4.80. The van der Waals surface area contributed by atoms with E-state index in [2.05, 4.69) is 35.3 Å². The van der Waals surface area contributed by atoms with Crippen molar-refractivity contribution in [3.8, 4) is 17.2 Å². The first-order valence-electron chi connectivity index (χ1n) is 6.85. The fourth-order valence-electron chi connectivity index (χ4n) is 2.57. The molecule has 0 unspecified atom stereocenters. The van der Waals surface area contributed by atoms with Crippen LogP contribution in [0.2, 0.25) is 0 Å². The number of hydrogen-bond donors (Lipinski definition) is 0. The zero-order chi connectivity index (χ0) is 14.5. The van der Waals surface area contributed by atoms with Crippen LogP contribution in [0.1, 0.15) is 16.7 Å². The van der Waals surface area contributed by atoms with Crippen LogP contribution >= 0.6 is 0 Å². The predicted octanol–water partition coefficient (Wildman–Crippen LogP) is 4.21. The minimum absolute atomic E-state index is 0.809. The Hall–Kier alpha value is -2.92. The van der Waals surface area contributed by atoms with E-state index in [1.807, 2.05) is 36.4 Å². The van der Waals surface area contributed by atoms with Gasteiger partial charge in [0.25, 0.3) is 0 Å². The zero-order valence-corrected chi connectivity index (χ0v) is 11.5. The van der Waals surface area contributed by atoms with Crippen molar-refractivity contribution in [2.24, 2.45) is 0 Å². The minimum Gasteiger partial charge on any atom is -0.265 e. The Bertz CT molecular complexity index is 759. The molecule has 4 rings (SSSR count). The van der Waals surface area contributed by atoms with Crippen LogP contribution in [-0.2, 0) is 6.42 Å². The third kappa shape index (κ3) is 2.68. The normalized spacial score (nSPS) is 10.6. The molecule has 0 bridgehead atoms. The third-order valence-corrected chi connectivity index (χ3v) is 3.54. The second-order valence-corrected chi connectivity index (χ2v) is 4.80. The Morgan fingerprint density at radius 2 is 1.57 bits per heavy atom. The number of fused-ring (bicyclic) bond motifs is 3. The zero-order valence-electron chi connectivity index (χ0n) is 11.5. The fraction of sp³-hybridized carbons (Fsp3) is 0.0526. The van der Waals surface area contributed by atoms with Crippen LogP contribution in [0.3, 0.4) is 0 Å². The number of rotatable bonds is 0. The number of pyridine rings is 1. The molecule has 1 aliphatic rings. The first-order chi connectivity index (χ1) is 10.4. The maximum atomic E-state index is 9.03. The van der Waals surface area contributed by atoms with Gasteiger partial charge in [0, 0.05) is 12.4 Å². The molecule has 0 atom stereocenters. The maximum Gasteiger partial charge on any atom is 0.0994 e. The summed E-state index contributed by atoms with van der Waals surface area (Å²) < 4.78 is 0. The Balaban J connectivity index is 0.000000186. The molecule has 0 saturated heterocycles. The van der Waals surface area contributed by atoms with E-state index < -0.39 is 0 Å². The van der Waals surface area contributed by atoms with E-state index in [-0.39, 0.29) is 0 Å². The van der Waals surface area contributed by atoms with Gasteiger partial charge in [0.05, 0.1) is 11.6 Å². The van der Waals surface area contributed by atoms with E-state index >= 15 is 0 Å². The maximum absolute atomic E-state index is 9.03. The van der Waals surface area contributed by atoms with Gasteiger partial charge in [0.1, 0.15) is 0 Å². The van der Waals surface area contributed by atoms with Crippen molar-refractivity contribution < 1.29 is 0 Å². The molecule has 0 amide bonds. The SMILES string of the molecule is N#Cc1cccc2c1Cc1ccccc1-2.c1ccncc1. The molecule has 1 aromatic heterocycles. The van der Waals surface area contributed by atoms with Crippen LogP contribution in [-0.4, -0.2) is 4.98 Å². The van der Waals surface area contributed by atoms with Crippen LogP contribution in [0.25, 0.3) is 11.1 Å². The number of nitriles is 1. The van der Waals surface area contributed by atoms with Gasteiger partial charge in [-0.05, 0) is 46.9 Å². The summed E-state index contributed by atoms with van der Waals surface area (Å²) in [6.45, 7) is 0. The number of benzene rings is 2. The number of nitrogens with zero attached hydrogens (tertiary/aromatic N) is 2. The van der Waals surface area contributed by atoms with Crippen molar-refractivity contribution in [2.75, 3.05) is 0 Å². The van der Waals surface area contributed by atoms with Crippen molar-refractivity contribution in [2.45, 2.75) is 6.42 Å². The molecule has 0 spiro atoms. The Morgan fingerprint density at radius 1 is 0.810 bits per heavy atom. The van der Waals surface area contributed by atoms with Crippen LogP contribution < -0.4 is 0 Å². The quantitative estimate of drug-likeness (QED) is 0.480. The Labute approximate surface area is 124 Å². The molecule has 2 aromatic carbocycles. The molecule has 2 heteroatoms. The average Bonchev–Trinajstić information content (AvgIpc) is 2.96. The van der Waals surface area contributed by atoms with Gasteiger partial charge in [-0.25, -0.2) is 0 Å². The molecule has 2 nitrogen and oxygen atoms in total. The largest absolute Gasteiger partial charge is 0.265 e. The highest BCUT2D eigenvalue weighted by molar-refractivity contribution is 5.78. The molecule has 1 aliphatic carbocycles. The highest BCUT2D eigenvalue weighted by Gasteiger charge is 2.19. The van der Waals surface area contributed by atoms with Crippen molar-refractivity contribution in [1.29, 1.82) is 5.26 Å². The summed E-state index contributed by atoms with van der Waals surface area (Å²) in [6.07, 6.45) is 4.40. The lowest BCUT2D eigenvalue weighted by atomic mass is 10.0. The summed E-state index contributed by atoms with van der Waals surface area (Å²) in [4.78, 5) is 3.78. The molecular weight excluding hydrogens is 256 g/mol. The van der Waals surface area contributed by atoms with Gasteiger partial charge in [0.15, 0.2) is 0 Å². The molecular formula is C19H14N2. The average molecular weight is 270 g/mol. The molecule has 0 fully saturated rings. The molecule has 0 N–H and O–H groups in total. The van der Waals surface area contributed by atoms with Gasteiger partial charge in [0.2, 0.25) is 0 Å². The van der Waals surface area contributed by atoms with Gasteiger partial charge < -0.3 is 0 Å². The molecule has 0 aliphatic heterocycles. The van der Waals surface area contributed by atoms with Crippen molar-refractivity contribution in [1.82, 2.24) is 4.98 Å². The van der Waals surface area contributed by atoms with Crippen molar-refractivity contribution in [3.63, 3.8) is 0 Å². The van der Waals surface area contributed by atoms with E-state index in [0.29, 0.717) is 0 Å². The van der Waals surface area contributed by atoms with Gasteiger partial charge in [-0.1, -0.05) is 42.5 Å². The molecule has 21 heavy (non-hydrogen) atoms. The van der Waals surface area contributed by atoms with Gasteiger partial charge in [-0.2, -0.15) is 5.26 Å². The van der Waals surface area contributed by atoms with Gasteiger partial charge in [-0.3, -0.25) is 4.98 Å². The summed E-state index contributed by atoms with van der Waals surface area (Å²) in [5.41, 5.74) is 5.83. The topological polar surface area (TPSA) is 36.7 Å². The summed E-state index contributed by atoms with van der Waals surface area (Å²) in [5, 5.41) is 9.03. The number of aromatic nitrogens is 1. The monoisotopic (exact) mass is 270 g/mol. The van der Waals surface area contributed by atoms with Crippen LogP contribution in [0, 0.1) is 11.3 Å². The highest BCUT2D eigenvalue weighted by Crippen LogP contribution is 2.37. The standard InChI is InChI=1S/C14H9N.C5H5N/c15-9-11-5-3-7-13-12-6-2-1-4-10(12)8-14(11)13;1-2-4-6-5-3-1/h1-7H,8H2;1-5H. The van der Waals surface area contributed by atoms with Crippen LogP contribution in [0.5, 0.6) is 0 Å². The lowest BCUT2D eigenvalue weighted by molar-refractivity contribution is 1.24. The van der Waals surface area contributed by atoms with E-state index in [0.717, 1.165) is 12.0 Å². The van der Waals surface area contributed by atoms with E-state index in [1.54, 1.807) is 12.4 Å². The van der Waals surface area contributed by atoms with Crippen molar-refractivity contribution >= 4 is 0 Å². The van der Waals surface area contributed by atoms with Crippen LogP contribution in [0.15, 0.2) is 73.1 Å². The molecule has 0 radical (unpaired) electrons. The van der Waals surface area contributed by atoms with Crippen molar-refractivity contribution in [3.05, 3.63) is 89.7 Å². The Kier molecular flexibility index (Phi) is 3.75. The minimum atomic E-state index is 0.809. The summed E-state index contributed by atoms with van der Waals surface area (Å²) in [6, 6.07) is 22.3. The molecule has 3 aromatic rings. The lowest BCUT2D eigenvalue weighted by Crippen LogP contribution is -1.86. The predicted molar refractivity (Wildman–Crippen MR) is 83.6 cm³/mol. The molecule has 1 heterocycles. The number of hydrogen-bond acceptors (Lipinski definition) is 2. The molecule has 100 valence electrons.